The number of hydrogen-bond acceptors (Lipinski definition) is 5. The number of aliphatic hydroxyl groups excluding tert-OH is 1. The predicted molar refractivity (Wildman–Crippen MR) is 101 cm³/mol. The van der Waals surface area contributed by atoms with Crippen LogP contribution < -0.4 is 10.2 Å². The van der Waals surface area contributed by atoms with Gasteiger partial charge in [-0.3, -0.25) is 0 Å². The van der Waals surface area contributed by atoms with Crippen LogP contribution in [0, 0.1) is 0 Å². The van der Waals surface area contributed by atoms with Gasteiger partial charge in [-0.05, 0) is 0 Å². The number of nitrogens with one attached hydrogen (secondary N) is 2. The van der Waals surface area contributed by atoms with Crippen molar-refractivity contribution in [3.05, 3.63) is 71.5 Å². The van der Waals surface area contributed by atoms with Crippen molar-refractivity contribution < 1.29 is 18.5 Å². The van der Waals surface area contributed by atoms with E-state index in [-0.39, 0.29) is 10.9 Å². The summed E-state index contributed by atoms with van der Waals surface area (Å²) in [7, 11) is -3.50. The molecule has 0 fully saturated rings. The number of rotatable bonds is 4. The zero-order valence-electron chi connectivity index (χ0n) is 14.7. The van der Waals surface area contributed by atoms with Gasteiger partial charge in [0.25, 0.3) is 0 Å². The fraction of sp³-hybridized carbons (Fsp3) is 0.263. The molecule has 1 heterocycles. The first kappa shape index (κ1) is 18.9. The summed E-state index contributed by atoms with van der Waals surface area (Å²) in [4.78, 5) is 5.75. The maximum absolute atomic E-state index is 12.4. The number of hydroxylamine groups is 1. The van der Waals surface area contributed by atoms with E-state index in [1.807, 2.05) is 37.3 Å². The van der Waals surface area contributed by atoms with Gasteiger partial charge in [0.05, 0.1) is 0 Å². The fourth-order valence-corrected chi connectivity index (χ4v) is 4.05. The van der Waals surface area contributed by atoms with Crippen molar-refractivity contribution in [1.82, 2.24) is 10.2 Å². The van der Waals surface area contributed by atoms with Gasteiger partial charge in [-0.1, -0.05) is 0 Å². The molecule has 3 rings (SSSR count). The van der Waals surface area contributed by atoms with Crippen LogP contribution in [0.25, 0.3) is 5.57 Å². The van der Waals surface area contributed by atoms with E-state index in [1.54, 1.807) is 31.2 Å². The molecule has 1 aliphatic heterocycles. The van der Waals surface area contributed by atoms with Gasteiger partial charge < -0.3 is 0 Å². The van der Waals surface area contributed by atoms with E-state index in [2.05, 4.69) is 10.2 Å². The minimum absolute atomic E-state index is 0.111. The number of hydrogen-bond donors (Lipinski definition) is 4. The normalized spacial score (nSPS) is 20.5. The molecule has 3 atom stereocenters. The van der Waals surface area contributed by atoms with E-state index in [4.69, 9.17) is 4.84 Å². The van der Waals surface area contributed by atoms with Crippen LogP contribution in [-0.4, -0.2) is 15.9 Å². The molecule has 0 saturated carbocycles. The molecule has 3 unspecified atom stereocenters. The Morgan fingerprint density at radius 2 is 1.85 bits per heavy atom. The molecule has 26 heavy (non-hydrogen) atoms. The predicted octanol–water partition coefficient (Wildman–Crippen LogP) is 3.91. The summed E-state index contributed by atoms with van der Waals surface area (Å²) in [6.07, 6.45) is -0.698. The van der Waals surface area contributed by atoms with Crippen LogP contribution >= 0.6 is 10.2 Å². The van der Waals surface area contributed by atoms with Crippen molar-refractivity contribution in [1.29, 1.82) is 0 Å². The molecule has 0 bridgehead atoms. The van der Waals surface area contributed by atoms with Gasteiger partial charge >= 0.3 is 153 Å². The Hall–Kier alpha value is -1.87. The van der Waals surface area contributed by atoms with Crippen molar-refractivity contribution in [2.45, 2.75) is 37.4 Å². The summed E-state index contributed by atoms with van der Waals surface area (Å²) >= 11 is 0. The maximum atomic E-state index is 12.4. The summed E-state index contributed by atoms with van der Waals surface area (Å²) < 4.78 is 24.9. The van der Waals surface area contributed by atoms with E-state index < -0.39 is 16.5 Å². The molecule has 7 heteroatoms. The van der Waals surface area contributed by atoms with E-state index >= 15 is 0 Å². The molecule has 1 aliphatic rings. The Kier molecular flexibility index (Phi) is 5.67. The first-order valence-electron chi connectivity index (χ1n) is 8.43. The number of benzene rings is 2. The first-order chi connectivity index (χ1) is 12.4. The molecule has 0 spiro atoms. The summed E-state index contributed by atoms with van der Waals surface area (Å²) in [5.74, 6) is 0.760. The Morgan fingerprint density at radius 3 is 2.46 bits per heavy atom. The molecule has 6 nitrogen and oxygen atoms in total. The molecule has 0 aromatic heterocycles. The fourth-order valence-electron chi connectivity index (χ4n) is 2.87. The van der Waals surface area contributed by atoms with Gasteiger partial charge in [-0.2, -0.15) is 0 Å². The Bertz CT molecular complexity index is 900. The van der Waals surface area contributed by atoms with Crippen LogP contribution in [0.1, 0.15) is 37.4 Å². The zero-order valence-corrected chi connectivity index (χ0v) is 15.5. The van der Waals surface area contributed by atoms with E-state index in [0.717, 1.165) is 22.5 Å². The van der Waals surface area contributed by atoms with Gasteiger partial charge in [0.2, 0.25) is 0 Å². The minimum atomic E-state index is -3.50. The van der Waals surface area contributed by atoms with Crippen LogP contribution in [0.3, 0.4) is 0 Å². The monoisotopic (exact) mass is 375 g/mol. The first-order valence-corrected chi connectivity index (χ1v) is 9.94. The molecule has 2 aromatic carbocycles. The van der Waals surface area contributed by atoms with Crippen LogP contribution in [0.5, 0.6) is 0 Å². The molecular formula is C19H23N2O4S+. The van der Waals surface area contributed by atoms with E-state index in [0.29, 0.717) is 6.42 Å². The number of aliphatic hydroxyl groups is 1. The Labute approximate surface area is 153 Å². The summed E-state index contributed by atoms with van der Waals surface area (Å²) in [6, 6.07) is 16.6. The van der Waals surface area contributed by atoms with Gasteiger partial charge in [-0.25, -0.2) is 0 Å². The Balaban J connectivity index is 1.88. The molecule has 0 radical (unpaired) electrons. The quantitative estimate of drug-likeness (QED) is 0.480. The molecule has 0 saturated heterocycles. The third-order valence-electron chi connectivity index (χ3n) is 4.30. The number of allylic oxidation sites excluding steroid dienone is 1. The van der Waals surface area contributed by atoms with E-state index in [1.165, 1.54) is 0 Å². The van der Waals surface area contributed by atoms with Gasteiger partial charge in [-0.15, -0.1) is 0 Å². The molecule has 4 N–H and O–H groups in total. The SMILES string of the molecule is CCC(O)NS(#[O+])(O)c1ccc(C2=C(C)ONC2c2ccccc2)cc1. The van der Waals surface area contributed by atoms with Crippen molar-refractivity contribution >= 4 is 15.8 Å². The average molecular weight is 375 g/mol. The van der Waals surface area contributed by atoms with E-state index in [9.17, 15) is 13.7 Å². The summed E-state index contributed by atoms with van der Waals surface area (Å²) in [5.41, 5.74) is 5.98. The zero-order chi connectivity index (χ0) is 18.7. The molecule has 2 aromatic rings. The molecule has 0 aliphatic carbocycles. The average Bonchev–Trinajstić information content (AvgIpc) is 3.03. The second-order valence-corrected chi connectivity index (χ2v) is 7.88. The van der Waals surface area contributed by atoms with Crippen molar-refractivity contribution in [2.24, 2.45) is 0 Å². The van der Waals surface area contributed by atoms with Crippen molar-refractivity contribution in [3.8, 4) is 0 Å². The second-order valence-electron chi connectivity index (χ2n) is 6.13. The molecule has 138 valence electrons. The van der Waals surface area contributed by atoms with Gasteiger partial charge in [0, 0.05) is 0 Å². The summed E-state index contributed by atoms with van der Waals surface area (Å²) in [6.45, 7) is 3.61. The standard InChI is InChI=1S/C19H23N2O4S/c1-3-17(22)21-26(23,24)16-11-9-14(10-12-16)18-13(2)25-20-19(18)15-7-5-4-6-8-15/h4-12,17,19-23H,3H2,1-2H3/q+1. The van der Waals surface area contributed by atoms with Gasteiger partial charge in [0.1, 0.15) is 0 Å². The Morgan fingerprint density at radius 1 is 1.19 bits per heavy atom. The van der Waals surface area contributed by atoms with Crippen LogP contribution in [0.4, 0.5) is 0 Å². The topological polar surface area (TPSA) is 93.7 Å². The van der Waals surface area contributed by atoms with Crippen LogP contribution in [0.15, 0.2) is 65.3 Å². The van der Waals surface area contributed by atoms with Crippen LogP contribution in [-0.2, 0) is 8.88 Å². The molecular weight excluding hydrogens is 352 g/mol. The third kappa shape index (κ3) is 3.93. The van der Waals surface area contributed by atoms with Gasteiger partial charge in [0.15, 0.2) is 0 Å². The van der Waals surface area contributed by atoms with Crippen molar-refractivity contribution in [2.75, 3.05) is 0 Å². The summed E-state index contributed by atoms with van der Waals surface area (Å²) in [5, 5.41) is 9.60. The van der Waals surface area contributed by atoms with Crippen LogP contribution in [0.2, 0.25) is 0 Å². The molecule has 0 amide bonds. The third-order valence-corrected chi connectivity index (χ3v) is 5.80. The second kappa shape index (κ2) is 7.79. The van der Waals surface area contributed by atoms with Crippen molar-refractivity contribution in [3.63, 3.8) is 0 Å².